The van der Waals surface area contributed by atoms with Crippen molar-refractivity contribution < 1.29 is 4.74 Å². The van der Waals surface area contributed by atoms with Crippen molar-refractivity contribution in [2.24, 2.45) is 5.92 Å². The Kier molecular flexibility index (Phi) is 3.58. The molecule has 0 aromatic heterocycles. The first-order valence-electron chi connectivity index (χ1n) is 7.38. The maximum atomic E-state index is 5.87. The van der Waals surface area contributed by atoms with Gasteiger partial charge in [-0.3, -0.25) is 0 Å². The average Bonchev–Trinajstić information content (AvgIpc) is 3.05. The second-order valence-corrected chi connectivity index (χ2v) is 7.82. The topological polar surface area (TPSA) is 9.23 Å². The van der Waals surface area contributed by atoms with Gasteiger partial charge in [-0.05, 0) is 53.1 Å². The van der Waals surface area contributed by atoms with Gasteiger partial charge in [0.2, 0.25) is 0 Å². The summed E-state index contributed by atoms with van der Waals surface area (Å²) in [6, 6.07) is 13.2. The molecule has 0 radical (unpaired) electrons. The van der Waals surface area contributed by atoms with Gasteiger partial charge in [-0.1, -0.05) is 56.1 Å². The minimum atomic E-state index is 0.449. The Hall–Kier alpha value is -0.800. The SMILES string of the molecule is Brc1cc2c(c(CC3Cc4ccccc4C3Br)c1)OCC2. The van der Waals surface area contributed by atoms with E-state index in [1.807, 2.05) is 0 Å². The van der Waals surface area contributed by atoms with Gasteiger partial charge in [0.15, 0.2) is 0 Å². The lowest BCUT2D eigenvalue weighted by molar-refractivity contribution is 0.351. The van der Waals surface area contributed by atoms with E-state index in [4.69, 9.17) is 4.74 Å². The summed E-state index contributed by atoms with van der Waals surface area (Å²) in [7, 11) is 0. The highest BCUT2D eigenvalue weighted by Crippen LogP contribution is 2.45. The molecule has 0 fully saturated rings. The third-order valence-electron chi connectivity index (χ3n) is 4.56. The van der Waals surface area contributed by atoms with Crippen LogP contribution >= 0.6 is 31.9 Å². The molecule has 0 spiro atoms. The lowest BCUT2D eigenvalue weighted by Gasteiger charge is -2.17. The van der Waals surface area contributed by atoms with E-state index in [1.54, 1.807) is 0 Å². The highest BCUT2D eigenvalue weighted by atomic mass is 79.9. The van der Waals surface area contributed by atoms with Crippen LogP contribution < -0.4 is 4.74 Å². The molecular formula is C18H16Br2O. The molecular weight excluding hydrogens is 392 g/mol. The van der Waals surface area contributed by atoms with Crippen molar-refractivity contribution in [1.82, 2.24) is 0 Å². The molecule has 2 atom stereocenters. The van der Waals surface area contributed by atoms with Crippen LogP contribution in [-0.2, 0) is 19.3 Å². The minimum Gasteiger partial charge on any atom is -0.493 e. The fourth-order valence-electron chi connectivity index (χ4n) is 3.58. The van der Waals surface area contributed by atoms with Gasteiger partial charge in [-0.2, -0.15) is 0 Å². The average molecular weight is 408 g/mol. The third kappa shape index (κ3) is 2.44. The molecule has 2 aliphatic rings. The fourth-order valence-corrected chi connectivity index (χ4v) is 4.96. The summed E-state index contributed by atoms with van der Waals surface area (Å²) >= 11 is 7.55. The summed E-state index contributed by atoms with van der Waals surface area (Å²) in [4.78, 5) is 0.449. The molecule has 3 heteroatoms. The van der Waals surface area contributed by atoms with E-state index in [9.17, 15) is 0 Å². The van der Waals surface area contributed by atoms with Crippen molar-refractivity contribution >= 4 is 31.9 Å². The molecule has 2 aromatic carbocycles. The Morgan fingerprint density at radius 2 is 2.00 bits per heavy atom. The van der Waals surface area contributed by atoms with Crippen molar-refractivity contribution in [2.75, 3.05) is 6.61 Å². The van der Waals surface area contributed by atoms with Crippen LogP contribution in [0.4, 0.5) is 0 Å². The monoisotopic (exact) mass is 406 g/mol. The first-order chi connectivity index (χ1) is 10.2. The Labute approximate surface area is 142 Å². The number of fused-ring (bicyclic) bond motifs is 2. The first kappa shape index (κ1) is 13.8. The first-order valence-corrected chi connectivity index (χ1v) is 9.09. The highest BCUT2D eigenvalue weighted by Gasteiger charge is 2.31. The number of ether oxygens (including phenoxy) is 1. The van der Waals surface area contributed by atoms with Crippen LogP contribution in [0.3, 0.4) is 0 Å². The zero-order valence-electron chi connectivity index (χ0n) is 11.6. The molecule has 0 N–H and O–H groups in total. The van der Waals surface area contributed by atoms with Gasteiger partial charge in [0.1, 0.15) is 5.75 Å². The van der Waals surface area contributed by atoms with E-state index in [0.29, 0.717) is 10.7 Å². The number of halogens is 2. The van der Waals surface area contributed by atoms with Gasteiger partial charge in [0.25, 0.3) is 0 Å². The summed E-state index contributed by atoms with van der Waals surface area (Å²) in [6.07, 6.45) is 3.24. The van der Waals surface area contributed by atoms with Crippen LogP contribution in [0.15, 0.2) is 40.9 Å². The molecule has 0 bridgehead atoms. The normalized spacial score (nSPS) is 22.8. The molecule has 108 valence electrons. The van der Waals surface area contributed by atoms with Crippen LogP contribution in [0.5, 0.6) is 5.75 Å². The van der Waals surface area contributed by atoms with Gasteiger partial charge in [-0.25, -0.2) is 0 Å². The van der Waals surface area contributed by atoms with Gasteiger partial charge >= 0.3 is 0 Å². The number of benzene rings is 2. The van der Waals surface area contributed by atoms with Crippen LogP contribution in [0.2, 0.25) is 0 Å². The number of hydrogen-bond donors (Lipinski definition) is 0. The number of alkyl halides is 1. The van der Waals surface area contributed by atoms with E-state index in [1.165, 1.54) is 26.7 Å². The molecule has 4 rings (SSSR count). The maximum absolute atomic E-state index is 5.87. The molecule has 0 saturated heterocycles. The van der Waals surface area contributed by atoms with E-state index >= 15 is 0 Å². The van der Waals surface area contributed by atoms with Crippen molar-refractivity contribution in [3.63, 3.8) is 0 Å². The van der Waals surface area contributed by atoms with E-state index in [0.717, 1.165) is 31.6 Å². The van der Waals surface area contributed by atoms with Crippen LogP contribution in [-0.4, -0.2) is 6.61 Å². The maximum Gasteiger partial charge on any atom is 0.125 e. The molecule has 21 heavy (non-hydrogen) atoms. The predicted octanol–water partition coefficient (Wildman–Crippen LogP) is 5.24. The fraction of sp³-hybridized carbons (Fsp3) is 0.333. The number of rotatable bonds is 2. The van der Waals surface area contributed by atoms with Crippen molar-refractivity contribution in [3.8, 4) is 5.75 Å². The van der Waals surface area contributed by atoms with E-state index < -0.39 is 0 Å². The van der Waals surface area contributed by atoms with Gasteiger partial charge in [-0.15, -0.1) is 0 Å². The third-order valence-corrected chi connectivity index (χ3v) is 6.25. The molecule has 0 amide bonds. The molecule has 0 saturated carbocycles. The van der Waals surface area contributed by atoms with Crippen LogP contribution in [0.1, 0.15) is 27.1 Å². The van der Waals surface area contributed by atoms with E-state index in [-0.39, 0.29) is 0 Å². The predicted molar refractivity (Wildman–Crippen MR) is 92.3 cm³/mol. The zero-order chi connectivity index (χ0) is 14.4. The summed E-state index contributed by atoms with van der Waals surface area (Å²) in [6.45, 7) is 0.821. The van der Waals surface area contributed by atoms with Crippen molar-refractivity contribution in [2.45, 2.75) is 24.1 Å². The lowest BCUT2D eigenvalue weighted by atomic mass is 9.94. The van der Waals surface area contributed by atoms with Crippen molar-refractivity contribution in [3.05, 3.63) is 63.1 Å². The van der Waals surface area contributed by atoms with Gasteiger partial charge < -0.3 is 4.74 Å². The minimum absolute atomic E-state index is 0.449. The summed E-state index contributed by atoms with van der Waals surface area (Å²) in [5, 5.41) is 0. The standard InChI is InChI=1S/C18H16Br2O/c19-15-9-12-5-6-21-18(12)14(10-15)8-13-7-11-3-1-2-4-16(11)17(13)20/h1-4,9-10,13,17H,5-8H2. The van der Waals surface area contributed by atoms with Crippen molar-refractivity contribution in [1.29, 1.82) is 0 Å². The smallest absolute Gasteiger partial charge is 0.125 e. The molecule has 1 nitrogen and oxygen atoms in total. The Bertz CT molecular complexity index is 696. The summed E-state index contributed by atoms with van der Waals surface area (Å²) in [5.74, 6) is 1.74. The lowest BCUT2D eigenvalue weighted by Crippen LogP contribution is -2.07. The van der Waals surface area contributed by atoms with Crippen LogP contribution in [0.25, 0.3) is 0 Å². The van der Waals surface area contributed by atoms with Gasteiger partial charge in [0, 0.05) is 15.7 Å². The Balaban J connectivity index is 1.64. The summed E-state index contributed by atoms with van der Waals surface area (Å²) in [5.41, 5.74) is 5.63. The largest absolute Gasteiger partial charge is 0.493 e. The molecule has 2 aromatic rings. The zero-order valence-corrected chi connectivity index (χ0v) is 14.8. The molecule has 1 aliphatic carbocycles. The molecule has 1 heterocycles. The second kappa shape index (κ2) is 5.44. The Morgan fingerprint density at radius 3 is 2.86 bits per heavy atom. The molecule has 1 aliphatic heterocycles. The quantitative estimate of drug-likeness (QED) is 0.619. The highest BCUT2D eigenvalue weighted by molar-refractivity contribution is 9.10. The van der Waals surface area contributed by atoms with Crippen LogP contribution in [0, 0.1) is 5.92 Å². The summed E-state index contributed by atoms with van der Waals surface area (Å²) < 4.78 is 7.04. The Morgan fingerprint density at radius 1 is 1.14 bits per heavy atom. The van der Waals surface area contributed by atoms with E-state index in [2.05, 4.69) is 68.3 Å². The number of hydrogen-bond acceptors (Lipinski definition) is 1. The molecule has 2 unspecified atom stereocenters. The second-order valence-electron chi connectivity index (χ2n) is 5.92. The van der Waals surface area contributed by atoms with Gasteiger partial charge in [0.05, 0.1) is 6.61 Å².